The molecule has 0 aliphatic heterocycles. The summed E-state index contributed by atoms with van der Waals surface area (Å²) in [5.41, 5.74) is 5.77. The highest BCUT2D eigenvalue weighted by Crippen LogP contribution is 2.07. The van der Waals surface area contributed by atoms with E-state index in [2.05, 4.69) is 16.9 Å². The second-order valence-electron chi connectivity index (χ2n) is 3.33. The maximum Gasteiger partial charge on any atom is 0.326 e. The van der Waals surface area contributed by atoms with Crippen molar-refractivity contribution in [3.63, 3.8) is 0 Å². The highest BCUT2D eigenvalue weighted by molar-refractivity contribution is 5.98. The molecule has 1 heterocycles. The zero-order chi connectivity index (χ0) is 12.8. The highest BCUT2D eigenvalue weighted by Gasteiger charge is 2.20. The fourth-order valence-electron chi connectivity index (χ4n) is 1.22. The number of hydrogen-bond donors (Lipinski definition) is 3. The number of amides is 1. The first-order valence-electron chi connectivity index (χ1n) is 4.91. The number of carboxylic acid groups (broad SMARTS) is 1. The second kappa shape index (κ2) is 5.64. The fraction of sp³-hybridized carbons (Fsp3) is 0.182. The molecule has 1 aromatic rings. The largest absolute Gasteiger partial charge is 0.480 e. The third kappa shape index (κ3) is 3.30. The predicted octanol–water partition coefficient (Wildman–Crippen LogP) is 0.423. The fourth-order valence-corrected chi connectivity index (χ4v) is 1.22. The van der Waals surface area contributed by atoms with Gasteiger partial charge in [0.2, 0.25) is 0 Å². The molecule has 0 aliphatic rings. The Morgan fingerprint density at radius 1 is 1.65 bits per heavy atom. The van der Waals surface area contributed by atoms with Gasteiger partial charge in [-0.25, -0.2) is 9.78 Å². The van der Waals surface area contributed by atoms with Crippen LogP contribution < -0.4 is 11.1 Å². The number of aliphatic carboxylic acids is 1. The van der Waals surface area contributed by atoms with Gasteiger partial charge >= 0.3 is 5.97 Å². The van der Waals surface area contributed by atoms with Crippen LogP contribution in [0, 0.1) is 0 Å². The van der Waals surface area contributed by atoms with Crippen LogP contribution in [0.3, 0.4) is 0 Å². The van der Waals surface area contributed by atoms with Gasteiger partial charge in [-0.15, -0.1) is 6.58 Å². The van der Waals surface area contributed by atoms with Crippen LogP contribution in [0.15, 0.2) is 31.0 Å². The van der Waals surface area contributed by atoms with Gasteiger partial charge in [-0.05, 0) is 18.6 Å². The molecule has 90 valence electrons. The van der Waals surface area contributed by atoms with E-state index in [0.717, 1.165) is 0 Å². The van der Waals surface area contributed by atoms with Gasteiger partial charge in [0.25, 0.3) is 5.91 Å². The number of carbonyl (C=O) groups is 2. The molecule has 0 aromatic carbocycles. The number of aromatic nitrogens is 1. The Morgan fingerprint density at radius 2 is 2.35 bits per heavy atom. The van der Waals surface area contributed by atoms with Crippen molar-refractivity contribution in [3.05, 3.63) is 36.7 Å². The van der Waals surface area contributed by atoms with Crippen LogP contribution in [-0.2, 0) is 4.79 Å². The number of pyridine rings is 1. The van der Waals surface area contributed by atoms with Gasteiger partial charge < -0.3 is 16.2 Å². The van der Waals surface area contributed by atoms with E-state index in [0.29, 0.717) is 0 Å². The molecule has 0 fully saturated rings. The van der Waals surface area contributed by atoms with Crippen molar-refractivity contribution in [1.29, 1.82) is 0 Å². The van der Waals surface area contributed by atoms with Crippen LogP contribution in [0.2, 0.25) is 0 Å². The zero-order valence-corrected chi connectivity index (χ0v) is 9.09. The van der Waals surface area contributed by atoms with Gasteiger partial charge in [0, 0.05) is 6.20 Å². The summed E-state index contributed by atoms with van der Waals surface area (Å²) in [6.07, 6.45) is 2.96. The van der Waals surface area contributed by atoms with E-state index in [9.17, 15) is 9.59 Å². The van der Waals surface area contributed by atoms with Crippen LogP contribution in [0.25, 0.3) is 0 Å². The Morgan fingerprint density at radius 3 is 2.88 bits per heavy atom. The van der Waals surface area contributed by atoms with Gasteiger partial charge in [0.15, 0.2) is 5.69 Å². The van der Waals surface area contributed by atoms with E-state index in [4.69, 9.17) is 10.8 Å². The topological polar surface area (TPSA) is 105 Å². The predicted molar refractivity (Wildman–Crippen MR) is 62.4 cm³/mol. The molecule has 0 saturated carbocycles. The monoisotopic (exact) mass is 235 g/mol. The molecule has 1 amide bonds. The van der Waals surface area contributed by atoms with Crippen LogP contribution in [0.4, 0.5) is 5.69 Å². The quantitative estimate of drug-likeness (QED) is 0.641. The molecule has 0 spiro atoms. The first kappa shape index (κ1) is 12.7. The second-order valence-corrected chi connectivity index (χ2v) is 3.33. The lowest BCUT2D eigenvalue weighted by molar-refractivity contribution is -0.139. The van der Waals surface area contributed by atoms with E-state index in [1.54, 1.807) is 6.07 Å². The smallest absolute Gasteiger partial charge is 0.326 e. The van der Waals surface area contributed by atoms with E-state index in [-0.39, 0.29) is 17.8 Å². The van der Waals surface area contributed by atoms with Crippen LogP contribution in [0.5, 0.6) is 0 Å². The lowest BCUT2D eigenvalue weighted by atomic mass is 10.2. The zero-order valence-electron chi connectivity index (χ0n) is 9.09. The van der Waals surface area contributed by atoms with Gasteiger partial charge in [0.1, 0.15) is 6.04 Å². The van der Waals surface area contributed by atoms with E-state index < -0.39 is 17.9 Å². The molecule has 1 rings (SSSR count). The first-order chi connectivity index (χ1) is 8.06. The number of hydrogen-bond acceptors (Lipinski definition) is 4. The molecule has 6 nitrogen and oxygen atoms in total. The van der Waals surface area contributed by atoms with Gasteiger partial charge in [-0.2, -0.15) is 0 Å². The molecule has 0 bridgehead atoms. The van der Waals surface area contributed by atoms with Crippen LogP contribution >= 0.6 is 0 Å². The highest BCUT2D eigenvalue weighted by atomic mass is 16.4. The summed E-state index contributed by atoms with van der Waals surface area (Å²) in [5.74, 6) is -1.75. The van der Waals surface area contributed by atoms with E-state index in [1.807, 2.05) is 0 Å². The molecular weight excluding hydrogens is 222 g/mol. The summed E-state index contributed by atoms with van der Waals surface area (Å²) in [6.45, 7) is 3.43. The molecule has 0 radical (unpaired) electrons. The Kier molecular flexibility index (Phi) is 4.21. The standard InChI is InChI=1S/C11H13N3O3/c1-2-4-8(11(16)17)14-10(15)9-7(12)5-3-6-13-9/h2-3,5-6,8H,1,4,12H2,(H,14,15)(H,16,17). The molecule has 6 heteroatoms. The van der Waals surface area contributed by atoms with Crippen molar-refractivity contribution in [2.45, 2.75) is 12.5 Å². The minimum atomic E-state index is -1.13. The van der Waals surface area contributed by atoms with Crippen LogP contribution in [0.1, 0.15) is 16.9 Å². The van der Waals surface area contributed by atoms with Gasteiger partial charge in [-0.1, -0.05) is 6.08 Å². The minimum absolute atomic E-state index is 0.0165. The number of carbonyl (C=O) groups excluding carboxylic acids is 1. The maximum atomic E-state index is 11.7. The van der Waals surface area contributed by atoms with Gasteiger partial charge in [0.05, 0.1) is 5.69 Å². The van der Waals surface area contributed by atoms with Crippen LogP contribution in [-0.4, -0.2) is 28.0 Å². The Labute approximate surface area is 98.2 Å². The summed E-state index contributed by atoms with van der Waals surface area (Å²) in [6, 6.07) is 2.08. The summed E-state index contributed by atoms with van der Waals surface area (Å²) >= 11 is 0. The summed E-state index contributed by atoms with van der Waals surface area (Å²) in [4.78, 5) is 26.3. The number of carboxylic acids is 1. The number of nitrogens with two attached hydrogens (primary N) is 1. The maximum absolute atomic E-state index is 11.7. The van der Waals surface area contributed by atoms with Crippen molar-refractivity contribution < 1.29 is 14.7 Å². The Balaban J connectivity index is 2.81. The number of nitrogens with one attached hydrogen (secondary N) is 1. The van der Waals surface area contributed by atoms with E-state index in [1.165, 1.54) is 18.3 Å². The molecule has 1 atom stereocenters. The molecule has 1 unspecified atom stereocenters. The van der Waals surface area contributed by atoms with Crippen molar-refractivity contribution in [3.8, 4) is 0 Å². The molecule has 4 N–H and O–H groups in total. The molecule has 0 saturated heterocycles. The molecule has 1 aromatic heterocycles. The third-order valence-corrected chi connectivity index (χ3v) is 2.06. The van der Waals surface area contributed by atoms with Crippen molar-refractivity contribution in [2.75, 3.05) is 5.73 Å². The Bertz CT molecular complexity index is 445. The third-order valence-electron chi connectivity index (χ3n) is 2.06. The van der Waals surface area contributed by atoms with Crippen molar-refractivity contribution >= 4 is 17.6 Å². The number of rotatable bonds is 5. The average Bonchev–Trinajstić information content (AvgIpc) is 2.28. The van der Waals surface area contributed by atoms with Gasteiger partial charge in [-0.3, -0.25) is 4.79 Å². The summed E-state index contributed by atoms with van der Waals surface area (Å²) in [7, 11) is 0. The molecule has 17 heavy (non-hydrogen) atoms. The normalized spacial score (nSPS) is 11.5. The van der Waals surface area contributed by atoms with Crippen molar-refractivity contribution in [2.24, 2.45) is 0 Å². The minimum Gasteiger partial charge on any atom is -0.480 e. The summed E-state index contributed by atoms with van der Waals surface area (Å²) in [5, 5.41) is 11.2. The van der Waals surface area contributed by atoms with Crippen molar-refractivity contribution in [1.82, 2.24) is 10.3 Å². The SMILES string of the molecule is C=CCC(NC(=O)c1ncccc1N)C(=O)O. The van der Waals surface area contributed by atoms with E-state index >= 15 is 0 Å². The lowest BCUT2D eigenvalue weighted by Gasteiger charge is -2.12. The Hall–Kier alpha value is -2.37. The first-order valence-corrected chi connectivity index (χ1v) is 4.91. The molecular formula is C11H13N3O3. The average molecular weight is 235 g/mol. The number of anilines is 1. The lowest BCUT2D eigenvalue weighted by Crippen LogP contribution is -2.40. The molecule has 0 aliphatic carbocycles. The number of nitrogen functional groups attached to an aromatic ring is 1. The summed E-state index contributed by atoms with van der Waals surface area (Å²) < 4.78 is 0. The number of nitrogens with zero attached hydrogens (tertiary/aromatic N) is 1.